The fourth-order valence-corrected chi connectivity index (χ4v) is 1.36. The molecule has 12 heavy (non-hydrogen) atoms. The Kier molecular flexibility index (Phi) is 1.67. The van der Waals surface area contributed by atoms with Gasteiger partial charge in [0.1, 0.15) is 0 Å². The quantitative estimate of drug-likeness (QED) is 0.616. The second-order valence-electron chi connectivity index (χ2n) is 2.68. The predicted octanol–water partition coefficient (Wildman–Crippen LogP) is 2.22. The molecule has 0 saturated heterocycles. The molecule has 60 valence electrons. The van der Waals surface area contributed by atoms with Gasteiger partial charge in [-0.15, -0.1) is 0 Å². The number of nitrogens with zero attached hydrogens (tertiary/aromatic N) is 1. The van der Waals surface area contributed by atoms with E-state index in [0.717, 1.165) is 11.1 Å². The van der Waals surface area contributed by atoms with Crippen molar-refractivity contribution in [2.24, 2.45) is 4.99 Å². The molecule has 0 radical (unpaired) electrons. The number of nitrogens with one attached hydrogen (secondary N) is 1. The lowest BCUT2D eigenvalue weighted by molar-refractivity contribution is 1.44. The summed E-state index contributed by atoms with van der Waals surface area (Å²) >= 11 is 0. The molecule has 2 rings (SSSR count). The van der Waals surface area contributed by atoms with Crippen LogP contribution in [0.1, 0.15) is 5.56 Å². The summed E-state index contributed by atoms with van der Waals surface area (Å²) in [6.07, 6.45) is 3.80. The number of fused-ring (bicyclic) bond motifs is 1. The summed E-state index contributed by atoms with van der Waals surface area (Å²) < 4.78 is 0. The van der Waals surface area contributed by atoms with Gasteiger partial charge in [0.05, 0.1) is 5.52 Å². The number of rotatable bonds is 1. The SMILES string of the molecule is C/N=C/c1cccc2cc[nH]c12. The van der Waals surface area contributed by atoms with Gasteiger partial charge in [0.15, 0.2) is 0 Å². The van der Waals surface area contributed by atoms with Gasteiger partial charge in [0.25, 0.3) is 0 Å². The Morgan fingerprint density at radius 3 is 3.08 bits per heavy atom. The van der Waals surface area contributed by atoms with Crippen molar-refractivity contribution in [3.63, 3.8) is 0 Å². The number of para-hydroxylation sites is 1. The van der Waals surface area contributed by atoms with Crippen molar-refractivity contribution >= 4 is 17.1 Å². The maximum absolute atomic E-state index is 3.99. The monoisotopic (exact) mass is 158 g/mol. The number of hydrogen-bond donors (Lipinski definition) is 1. The van der Waals surface area contributed by atoms with E-state index in [1.165, 1.54) is 5.39 Å². The van der Waals surface area contributed by atoms with Crippen LogP contribution in [0.15, 0.2) is 35.5 Å². The maximum Gasteiger partial charge on any atom is 0.0542 e. The van der Waals surface area contributed by atoms with Crippen molar-refractivity contribution in [2.45, 2.75) is 0 Å². The van der Waals surface area contributed by atoms with E-state index in [4.69, 9.17) is 0 Å². The van der Waals surface area contributed by atoms with Crippen LogP contribution in [0.2, 0.25) is 0 Å². The van der Waals surface area contributed by atoms with Crippen LogP contribution in [-0.4, -0.2) is 18.2 Å². The molecule has 1 N–H and O–H groups in total. The first-order valence-electron chi connectivity index (χ1n) is 3.90. The fraction of sp³-hybridized carbons (Fsp3) is 0.100. The van der Waals surface area contributed by atoms with Gasteiger partial charge in [-0.05, 0) is 6.07 Å². The molecule has 0 fully saturated rings. The van der Waals surface area contributed by atoms with Crippen molar-refractivity contribution in [3.8, 4) is 0 Å². The molecule has 0 spiro atoms. The van der Waals surface area contributed by atoms with Crippen LogP contribution in [-0.2, 0) is 0 Å². The number of aliphatic imine (C=N–C) groups is 1. The van der Waals surface area contributed by atoms with Gasteiger partial charge in [0.2, 0.25) is 0 Å². The van der Waals surface area contributed by atoms with E-state index in [2.05, 4.69) is 22.1 Å². The van der Waals surface area contributed by atoms with Gasteiger partial charge in [-0.1, -0.05) is 18.2 Å². The summed E-state index contributed by atoms with van der Waals surface area (Å²) in [5.74, 6) is 0. The standard InChI is InChI=1S/C10H10N2/c1-11-7-9-4-2-3-8-5-6-12-10(8)9/h2-7,12H,1H3/b11-7+. The summed E-state index contributed by atoms with van der Waals surface area (Å²) in [6.45, 7) is 0. The number of aromatic nitrogens is 1. The minimum absolute atomic E-state index is 1.14. The molecule has 2 nitrogen and oxygen atoms in total. The van der Waals surface area contributed by atoms with E-state index < -0.39 is 0 Å². The zero-order valence-corrected chi connectivity index (χ0v) is 6.91. The minimum atomic E-state index is 1.14. The van der Waals surface area contributed by atoms with Crippen LogP contribution in [0.3, 0.4) is 0 Å². The van der Waals surface area contributed by atoms with Gasteiger partial charge in [-0.3, -0.25) is 4.99 Å². The molecule has 0 bridgehead atoms. The first-order chi connectivity index (χ1) is 5.92. The molecule has 2 heteroatoms. The van der Waals surface area contributed by atoms with Gasteiger partial charge in [-0.25, -0.2) is 0 Å². The van der Waals surface area contributed by atoms with Crippen molar-refractivity contribution in [2.75, 3.05) is 7.05 Å². The Morgan fingerprint density at radius 2 is 2.25 bits per heavy atom. The third-order valence-corrected chi connectivity index (χ3v) is 1.89. The van der Waals surface area contributed by atoms with Crippen molar-refractivity contribution in [1.82, 2.24) is 4.98 Å². The Labute approximate surface area is 70.9 Å². The molecule has 1 heterocycles. The highest BCUT2D eigenvalue weighted by Crippen LogP contribution is 2.14. The van der Waals surface area contributed by atoms with Crippen LogP contribution in [0.5, 0.6) is 0 Å². The molecule has 0 unspecified atom stereocenters. The summed E-state index contributed by atoms with van der Waals surface area (Å²) in [7, 11) is 1.78. The van der Waals surface area contributed by atoms with Gasteiger partial charge in [0, 0.05) is 30.4 Å². The molecule has 0 saturated carbocycles. The lowest BCUT2D eigenvalue weighted by Gasteiger charge is -1.94. The molecular weight excluding hydrogens is 148 g/mol. The highest BCUT2D eigenvalue weighted by atomic mass is 14.7. The van der Waals surface area contributed by atoms with E-state index >= 15 is 0 Å². The molecule has 0 atom stereocenters. The van der Waals surface area contributed by atoms with E-state index in [1.807, 2.05) is 24.5 Å². The molecular formula is C10H10N2. The number of aromatic amines is 1. The number of benzene rings is 1. The van der Waals surface area contributed by atoms with Crippen LogP contribution in [0.4, 0.5) is 0 Å². The van der Waals surface area contributed by atoms with E-state index in [9.17, 15) is 0 Å². The fourth-order valence-electron chi connectivity index (χ4n) is 1.36. The van der Waals surface area contributed by atoms with Crippen molar-refractivity contribution in [3.05, 3.63) is 36.0 Å². The van der Waals surface area contributed by atoms with Gasteiger partial charge in [-0.2, -0.15) is 0 Å². The zero-order valence-electron chi connectivity index (χ0n) is 6.91. The smallest absolute Gasteiger partial charge is 0.0542 e. The Bertz CT molecular complexity index is 412. The first kappa shape index (κ1) is 7.10. The van der Waals surface area contributed by atoms with E-state index in [1.54, 1.807) is 7.05 Å². The topological polar surface area (TPSA) is 28.1 Å². The Balaban J connectivity index is 2.73. The normalized spacial score (nSPS) is 11.4. The molecule has 0 amide bonds. The molecule has 0 aliphatic carbocycles. The van der Waals surface area contributed by atoms with Crippen LogP contribution in [0, 0.1) is 0 Å². The Morgan fingerprint density at radius 1 is 1.33 bits per heavy atom. The second-order valence-corrected chi connectivity index (χ2v) is 2.68. The lowest BCUT2D eigenvalue weighted by atomic mass is 10.1. The van der Waals surface area contributed by atoms with Gasteiger partial charge < -0.3 is 4.98 Å². The second kappa shape index (κ2) is 2.81. The molecule has 2 aromatic rings. The van der Waals surface area contributed by atoms with Crippen LogP contribution >= 0.6 is 0 Å². The largest absolute Gasteiger partial charge is 0.361 e. The van der Waals surface area contributed by atoms with Gasteiger partial charge >= 0.3 is 0 Å². The van der Waals surface area contributed by atoms with E-state index in [-0.39, 0.29) is 0 Å². The third kappa shape index (κ3) is 1.01. The number of H-pyrrole nitrogens is 1. The minimum Gasteiger partial charge on any atom is -0.361 e. The van der Waals surface area contributed by atoms with Crippen molar-refractivity contribution in [1.29, 1.82) is 0 Å². The van der Waals surface area contributed by atoms with E-state index in [0.29, 0.717) is 0 Å². The molecule has 1 aromatic heterocycles. The van der Waals surface area contributed by atoms with Crippen LogP contribution in [0.25, 0.3) is 10.9 Å². The maximum atomic E-state index is 3.99. The zero-order chi connectivity index (χ0) is 8.39. The summed E-state index contributed by atoms with van der Waals surface area (Å²) in [4.78, 5) is 7.17. The number of hydrogen-bond acceptors (Lipinski definition) is 1. The highest BCUT2D eigenvalue weighted by molar-refractivity contribution is 5.97. The summed E-state index contributed by atoms with van der Waals surface area (Å²) in [5.41, 5.74) is 2.29. The third-order valence-electron chi connectivity index (χ3n) is 1.89. The van der Waals surface area contributed by atoms with Crippen LogP contribution < -0.4 is 0 Å². The summed E-state index contributed by atoms with van der Waals surface area (Å²) in [5, 5.41) is 1.23. The first-order valence-corrected chi connectivity index (χ1v) is 3.90. The Hall–Kier alpha value is -1.57. The molecule has 0 aliphatic rings. The molecule has 1 aromatic carbocycles. The average Bonchev–Trinajstić information content (AvgIpc) is 2.53. The predicted molar refractivity (Wildman–Crippen MR) is 51.8 cm³/mol. The van der Waals surface area contributed by atoms with Crippen molar-refractivity contribution < 1.29 is 0 Å². The lowest BCUT2D eigenvalue weighted by Crippen LogP contribution is -1.81. The summed E-state index contributed by atoms with van der Waals surface area (Å²) in [6, 6.07) is 8.22. The average molecular weight is 158 g/mol. The molecule has 0 aliphatic heterocycles. The highest BCUT2D eigenvalue weighted by Gasteiger charge is 1.96.